The lowest BCUT2D eigenvalue weighted by molar-refractivity contribution is -0.134. The molecule has 0 saturated carbocycles. The highest BCUT2D eigenvalue weighted by Crippen LogP contribution is 2.33. The van der Waals surface area contributed by atoms with Gasteiger partial charge in [0, 0.05) is 39.1 Å². The molecule has 2 aliphatic rings. The predicted octanol–water partition coefficient (Wildman–Crippen LogP) is 4.33. The number of benzene rings is 3. The van der Waals surface area contributed by atoms with Gasteiger partial charge >= 0.3 is 0 Å². The molecule has 0 N–H and O–H groups in total. The second-order valence-electron chi connectivity index (χ2n) is 9.33. The molecule has 0 radical (unpaired) electrons. The minimum atomic E-state index is -0.329. The highest BCUT2D eigenvalue weighted by Gasteiger charge is 2.34. The molecule has 0 aliphatic carbocycles. The van der Waals surface area contributed by atoms with Crippen molar-refractivity contribution in [1.82, 2.24) is 14.8 Å². The molecule has 3 aromatic rings. The van der Waals surface area contributed by atoms with Crippen LogP contribution in [0.15, 0.2) is 84.0 Å². The van der Waals surface area contributed by atoms with Crippen LogP contribution in [0, 0.1) is 5.82 Å². The smallest absolute Gasteiger partial charge is 0.257 e. The first-order valence-corrected chi connectivity index (χ1v) is 12.4. The number of piperazine rings is 1. The number of ether oxygens (including phenoxy) is 1. The van der Waals surface area contributed by atoms with Gasteiger partial charge in [-0.3, -0.25) is 14.6 Å². The third-order valence-electron chi connectivity index (χ3n) is 6.90. The van der Waals surface area contributed by atoms with Crippen LogP contribution < -0.4 is 4.74 Å². The predicted molar refractivity (Wildman–Crippen MR) is 138 cm³/mol. The van der Waals surface area contributed by atoms with Crippen molar-refractivity contribution in [2.75, 3.05) is 39.8 Å². The number of carbonyl (C=O) groups excluding carboxylic acids is 1. The van der Waals surface area contributed by atoms with E-state index >= 15 is 0 Å². The molecule has 36 heavy (non-hydrogen) atoms. The van der Waals surface area contributed by atoms with E-state index in [-0.39, 0.29) is 17.8 Å². The maximum absolute atomic E-state index is 14.1. The summed E-state index contributed by atoms with van der Waals surface area (Å²) in [5, 5.41) is 6.30. The van der Waals surface area contributed by atoms with E-state index in [0.717, 1.165) is 55.3 Å². The fourth-order valence-electron chi connectivity index (χ4n) is 4.88. The van der Waals surface area contributed by atoms with Gasteiger partial charge in [0.1, 0.15) is 11.6 Å². The van der Waals surface area contributed by atoms with Crippen LogP contribution in [-0.4, -0.2) is 66.3 Å². The molecule has 186 valence electrons. The fraction of sp³-hybridized carbons (Fsp3) is 0.310. The highest BCUT2D eigenvalue weighted by atomic mass is 19.1. The molecule has 2 aliphatic heterocycles. The molecule has 5 rings (SSSR count). The van der Waals surface area contributed by atoms with Crippen LogP contribution in [0.1, 0.15) is 29.2 Å². The van der Waals surface area contributed by atoms with Gasteiger partial charge in [-0.25, -0.2) is 9.40 Å². The molecule has 1 fully saturated rings. The summed E-state index contributed by atoms with van der Waals surface area (Å²) in [5.74, 6) is 0.384. The third kappa shape index (κ3) is 5.64. The number of hydrogen-bond acceptors (Lipinski definition) is 5. The first-order chi connectivity index (χ1) is 17.6. The lowest BCUT2D eigenvalue weighted by atomic mass is 9.98. The molecule has 0 aromatic heterocycles. The Hall–Kier alpha value is -3.55. The quantitative estimate of drug-likeness (QED) is 0.499. The van der Waals surface area contributed by atoms with Gasteiger partial charge in [-0.2, -0.15) is 5.10 Å². The molecule has 7 heteroatoms. The van der Waals surface area contributed by atoms with Crippen molar-refractivity contribution in [2.45, 2.75) is 19.0 Å². The number of hydrazone groups is 1. The molecule has 1 amide bonds. The van der Waals surface area contributed by atoms with Crippen molar-refractivity contribution in [2.24, 2.45) is 5.10 Å². The van der Waals surface area contributed by atoms with Crippen molar-refractivity contribution < 1.29 is 13.9 Å². The van der Waals surface area contributed by atoms with Gasteiger partial charge in [0.15, 0.2) is 0 Å². The van der Waals surface area contributed by atoms with E-state index in [0.29, 0.717) is 13.0 Å². The minimum absolute atomic E-state index is 0.0655. The van der Waals surface area contributed by atoms with Crippen LogP contribution in [0.4, 0.5) is 4.39 Å². The monoisotopic (exact) mass is 486 g/mol. The summed E-state index contributed by atoms with van der Waals surface area (Å²) in [6.45, 7) is 4.69. The van der Waals surface area contributed by atoms with Crippen LogP contribution >= 0.6 is 0 Å². The molecule has 6 nitrogen and oxygen atoms in total. The van der Waals surface area contributed by atoms with Crippen molar-refractivity contribution >= 4 is 11.6 Å². The van der Waals surface area contributed by atoms with Crippen molar-refractivity contribution in [3.8, 4) is 5.75 Å². The molecule has 0 bridgehead atoms. The Morgan fingerprint density at radius 3 is 2.36 bits per heavy atom. The molecule has 3 aromatic carbocycles. The SMILES string of the molecule is COc1ccc(C2=NN(C(=O)CN3CCN(Cc4ccccc4)CC3)[C@@H](c3cccc(F)c3)C2)cc1. The second-order valence-corrected chi connectivity index (χ2v) is 9.33. The lowest BCUT2D eigenvalue weighted by Gasteiger charge is -2.35. The van der Waals surface area contributed by atoms with E-state index in [9.17, 15) is 9.18 Å². The van der Waals surface area contributed by atoms with E-state index in [1.807, 2.05) is 36.4 Å². The van der Waals surface area contributed by atoms with Crippen LogP contribution in [0.25, 0.3) is 0 Å². The fourth-order valence-corrected chi connectivity index (χ4v) is 4.88. The number of methoxy groups -OCH3 is 1. The summed E-state index contributed by atoms with van der Waals surface area (Å²) >= 11 is 0. The summed E-state index contributed by atoms with van der Waals surface area (Å²) in [6, 6.07) is 24.3. The van der Waals surface area contributed by atoms with Crippen molar-refractivity contribution in [3.05, 3.63) is 101 Å². The minimum Gasteiger partial charge on any atom is -0.497 e. The highest BCUT2D eigenvalue weighted by molar-refractivity contribution is 6.03. The molecule has 1 saturated heterocycles. The van der Waals surface area contributed by atoms with Gasteiger partial charge < -0.3 is 4.74 Å². The van der Waals surface area contributed by atoms with Crippen LogP contribution in [-0.2, 0) is 11.3 Å². The van der Waals surface area contributed by atoms with E-state index in [4.69, 9.17) is 9.84 Å². The first kappa shape index (κ1) is 24.2. The average molecular weight is 487 g/mol. The van der Waals surface area contributed by atoms with Crippen LogP contribution in [0.5, 0.6) is 5.75 Å². The van der Waals surface area contributed by atoms with Crippen molar-refractivity contribution in [3.63, 3.8) is 0 Å². The number of rotatable bonds is 7. The van der Waals surface area contributed by atoms with E-state index in [2.05, 4.69) is 34.1 Å². The van der Waals surface area contributed by atoms with E-state index in [1.54, 1.807) is 18.2 Å². The molecular weight excluding hydrogens is 455 g/mol. The van der Waals surface area contributed by atoms with Gasteiger partial charge in [-0.05, 0) is 53.1 Å². The van der Waals surface area contributed by atoms with Gasteiger partial charge in [-0.15, -0.1) is 0 Å². The van der Waals surface area contributed by atoms with Gasteiger partial charge in [0.05, 0.1) is 25.4 Å². The van der Waals surface area contributed by atoms with Gasteiger partial charge in [0.2, 0.25) is 0 Å². The van der Waals surface area contributed by atoms with Gasteiger partial charge in [0.25, 0.3) is 5.91 Å². The Kier molecular flexibility index (Phi) is 7.39. The zero-order valence-corrected chi connectivity index (χ0v) is 20.5. The summed E-state index contributed by atoms with van der Waals surface area (Å²) in [4.78, 5) is 18.1. The largest absolute Gasteiger partial charge is 0.497 e. The molecule has 1 atom stereocenters. The lowest BCUT2D eigenvalue weighted by Crippen LogP contribution is -2.49. The number of halogens is 1. The van der Waals surface area contributed by atoms with Gasteiger partial charge in [-0.1, -0.05) is 42.5 Å². The Balaban J connectivity index is 1.27. The summed E-state index contributed by atoms with van der Waals surface area (Å²) in [5.41, 5.74) is 3.80. The van der Waals surface area contributed by atoms with E-state index < -0.39 is 0 Å². The average Bonchev–Trinajstić information content (AvgIpc) is 3.36. The summed E-state index contributed by atoms with van der Waals surface area (Å²) in [7, 11) is 1.63. The normalized spacial score (nSPS) is 18.8. The number of amides is 1. The Bertz CT molecular complexity index is 1210. The summed E-state index contributed by atoms with van der Waals surface area (Å²) < 4.78 is 19.3. The van der Waals surface area contributed by atoms with Crippen LogP contribution in [0.2, 0.25) is 0 Å². The Morgan fingerprint density at radius 1 is 0.944 bits per heavy atom. The number of nitrogens with zero attached hydrogens (tertiary/aromatic N) is 4. The van der Waals surface area contributed by atoms with Crippen molar-refractivity contribution in [1.29, 1.82) is 0 Å². The molecule has 0 spiro atoms. The molecular formula is C29H31FN4O2. The molecule has 2 heterocycles. The Labute approximate surface area is 211 Å². The second kappa shape index (κ2) is 11.0. The topological polar surface area (TPSA) is 48.4 Å². The zero-order valence-electron chi connectivity index (χ0n) is 20.5. The summed E-state index contributed by atoms with van der Waals surface area (Å²) in [6.07, 6.45) is 0.534. The number of carbonyl (C=O) groups is 1. The van der Waals surface area contributed by atoms with E-state index in [1.165, 1.54) is 17.7 Å². The standard InChI is InChI=1S/C29H31FN4O2/c1-36-26-12-10-23(11-13-26)27-19-28(24-8-5-9-25(30)18-24)34(31-27)29(35)21-33-16-14-32(15-17-33)20-22-6-3-2-4-7-22/h2-13,18,28H,14-17,19-21H2,1H3/t28-/m1/s1. The third-order valence-corrected chi connectivity index (χ3v) is 6.90. The maximum Gasteiger partial charge on any atom is 0.257 e. The molecule has 0 unspecified atom stereocenters. The Morgan fingerprint density at radius 2 is 1.67 bits per heavy atom. The zero-order chi connectivity index (χ0) is 24.9. The first-order valence-electron chi connectivity index (χ1n) is 12.4. The number of hydrogen-bond donors (Lipinski definition) is 0. The maximum atomic E-state index is 14.1. The van der Waals surface area contributed by atoms with Crippen LogP contribution in [0.3, 0.4) is 0 Å².